The summed E-state index contributed by atoms with van der Waals surface area (Å²) >= 11 is 5.59. The van der Waals surface area contributed by atoms with Gasteiger partial charge in [0.15, 0.2) is 5.75 Å². The Morgan fingerprint density at radius 1 is 1.44 bits per heavy atom. The average Bonchev–Trinajstić information content (AvgIpc) is 2.73. The van der Waals surface area contributed by atoms with E-state index in [0.717, 1.165) is 6.20 Å². The number of hydrogen-bond donors (Lipinski definition) is 1. The van der Waals surface area contributed by atoms with Crippen molar-refractivity contribution in [2.24, 2.45) is 0 Å². The van der Waals surface area contributed by atoms with Crippen molar-refractivity contribution in [3.8, 4) is 17.1 Å². The van der Waals surface area contributed by atoms with E-state index in [4.69, 9.17) is 11.6 Å². The summed E-state index contributed by atoms with van der Waals surface area (Å²) in [5.41, 5.74) is 0.727. The van der Waals surface area contributed by atoms with Gasteiger partial charge >= 0.3 is 6.61 Å². The van der Waals surface area contributed by atoms with Gasteiger partial charge in [-0.25, -0.2) is 9.97 Å². The highest BCUT2D eigenvalue weighted by atomic mass is 35.5. The van der Waals surface area contributed by atoms with E-state index in [0.29, 0.717) is 5.69 Å². The summed E-state index contributed by atoms with van der Waals surface area (Å²) in [6.45, 7) is -2.93. The number of aromatic amines is 1. The van der Waals surface area contributed by atoms with Crippen LogP contribution in [-0.2, 0) is 0 Å². The Labute approximate surface area is 94.2 Å². The lowest BCUT2D eigenvalue weighted by atomic mass is 10.3. The van der Waals surface area contributed by atoms with Crippen molar-refractivity contribution < 1.29 is 13.5 Å². The third kappa shape index (κ3) is 2.27. The van der Waals surface area contributed by atoms with Crippen molar-refractivity contribution in [3.63, 3.8) is 0 Å². The monoisotopic (exact) mass is 245 g/mol. The van der Waals surface area contributed by atoms with E-state index in [1.165, 1.54) is 0 Å². The topological polar surface area (TPSA) is 50.8 Å². The number of nitrogens with one attached hydrogen (secondary N) is 1. The highest BCUT2D eigenvalue weighted by molar-refractivity contribution is 6.28. The van der Waals surface area contributed by atoms with Crippen LogP contribution in [0.3, 0.4) is 0 Å². The lowest BCUT2D eigenvalue weighted by molar-refractivity contribution is -0.0499. The van der Waals surface area contributed by atoms with Crippen LogP contribution in [0.25, 0.3) is 11.4 Å². The molecule has 0 atom stereocenters. The van der Waals surface area contributed by atoms with Gasteiger partial charge in [0.25, 0.3) is 0 Å². The molecule has 4 nitrogen and oxygen atoms in total. The summed E-state index contributed by atoms with van der Waals surface area (Å²) in [7, 11) is 0. The van der Waals surface area contributed by atoms with Crippen molar-refractivity contribution >= 4 is 11.6 Å². The number of alkyl halides is 2. The molecule has 0 aliphatic heterocycles. The van der Waals surface area contributed by atoms with E-state index in [1.807, 2.05) is 0 Å². The quantitative estimate of drug-likeness (QED) is 0.846. The second kappa shape index (κ2) is 4.44. The predicted octanol–water partition coefficient (Wildman–Crippen LogP) is 2.73. The van der Waals surface area contributed by atoms with Crippen LogP contribution in [0.15, 0.2) is 24.5 Å². The first-order valence-electron chi connectivity index (χ1n) is 4.28. The molecule has 0 aliphatic rings. The molecule has 0 amide bonds. The first-order valence-corrected chi connectivity index (χ1v) is 4.65. The van der Waals surface area contributed by atoms with E-state index < -0.39 is 6.61 Å². The minimum absolute atomic E-state index is 0.0359. The van der Waals surface area contributed by atoms with Crippen molar-refractivity contribution in [2.75, 3.05) is 0 Å². The van der Waals surface area contributed by atoms with Gasteiger partial charge in [0.2, 0.25) is 5.28 Å². The molecule has 0 spiro atoms. The molecule has 84 valence electrons. The molecule has 2 aromatic rings. The van der Waals surface area contributed by atoms with Gasteiger partial charge in [-0.3, -0.25) is 0 Å². The van der Waals surface area contributed by atoms with Crippen LogP contribution in [0.2, 0.25) is 5.28 Å². The van der Waals surface area contributed by atoms with Crippen LogP contribution < -0.4 is 4.74 Å². The molecule has 2 heterocycles. The molecule has 0 fully saturated rings. The van der Waals surface area contributed by atoms with Gasteiger partial charge in [0.1, 0.15) is 5.69 Å². The second-order valence-electron chi connectivity index (χ2n) is 2.81. The number of ether oxygens (including phenoxy) is 1. The van der Waals surface area contributed by atoms with E-state index in [2.05, 4.69) is 19.7 Å². The van der Waals surface area contributed by atoms with Gasteiger partial charge in [-0.1, -0.05) is 0 Å². The number of aromatic nitrogens is 3. The molecule has 0 aliphatic carbocycles. The number of hydrogen-bond acceptors (Lipinski definition) is 3. The summed E-state index contributed by atoms with van der Waals surface area (Å²) in [6, 6.07) is 3.37. The number of H-pyrrole nitrogens is 1. The fourth-order valence-corrected chi connectivity index (χ4v) is 1.34. The first kappa shape index (κ1) is 10.8. The van der Waals surface area contributed by atoms with Gasteiger partial charge in [-0.2, -0.15) is 8.78 Å². The Morgan fingerprint density at radius 3 is 2.88 bits per heavy atom. The molecule has 0 unspecified atom stereocenters. The fraction of sp³-hybridized carbons (Fsp3) is 0.111. The summed E-state index contributed by atoms with van der Waals surface area (Å²) in [4.78, 5) is 10.2. The van der Waals surface area contributed by atoms with Crippen LogP contribution in [0.5, 0.6) is 5.75 Å². The van der Waals surface area contributed by atoms with E-state index in [9.17, 15) is 8.78 Å². The van der Waals surface area contributed by atoms with Crippen molar-refractivity contribution in [1.29, 1.82) is 0 Å². The van der Waals surface area contributed by atoms with Crippen LogP contribution >= 0.6 is 11.6 Å². The number of halogens is 3. The molecule has 2 rings (SSSR count). The molecular formula is C9H6ClF2N3O. The van der Waals surface area contributed by atoms with E-state index in [-0.39, 0.29) is 16.7 Å². The highest BCUT2D eigenvalue weighted by Gasteiger charge is 2.14. The van der Waals surface area contributed by atoms with Crippen LogP contribution in [0.4, 0.5) is 8.78 Å². The van der Waals surface area contributed by atoms with Crippen molar-refractivity contribution in [1.82, 2.24) is 15.0 Å². The molecule has 0 radical (unpaired) electrons. The summed E-state index contributed by atoms with van der Waals surface area (Å²) < 4.78 is 28.5. The molecule has 0 saturated heterocycles. The summed E-state index contributed by atoms with van der Waals surface area (Å²) in [5.74, 6) is -0.123. The maximum atomic E-state index is 12.1. The zero-order valence-electron chi connectivity index (χ0n) is 7.82. The Balaban J connectivity index is 2.45. The zero-order valence-corrected chi connectivity index (χ0v) is 8.58. The lowest BCUT2D eigenvalue weighted by Gasteiger charge is -2.08. The largest absolute Gasteiger partial charge is 0.431 e. The molecule has 0 saturated carbocycles. The Kier molecular flexibility index (Phi) is 3.00. The van der Waals surface area contributed by atoms with Crippen molar-refractivity contribution in [2.45, 2.75) is 6.61 Å². The number of rotatable bonds is 3. The van der Waals surface area contributed by atoms with E-state index >= 15 is 0 Å². The Morgan fingerprint density at radius 2 is 2.25 bits per heavy atom. The lowest BCUT2D eigenvalue weighted by Crippen LogP contribution is -2.05. The molecule has 2 aromatic heterocycles. The third-order valence-electron chi connectivity index (χ3n) is 1.79. The minimum Gasteiger partial charge on any atom is -0.431 e. The molecular weight excluding hydrogens is 240 g/mol. The van der Waals surface area contributed by atoms with E-state index in [1.54, 1.807) is 18.3 Å². The second-order valence-corrected chi connectivity index (χ2v) is 3.15. The molecule has 7 heteroatoms. The van der Waals surface area contributed by atoms with Crippen LogP contribution in [0.1, 0.15) is 0 Å². The third-order valence-corrected chi connectivity index (χ3v) is 1.98. The minimum atomic E-state index is -2.93. The van der Waals surface area contributed by atoms with Crippen LogP contribution in [0, 0.1) is 0 Å². The summed E-state index contributed by atoms with van der Waals surface area (Å²) in [6.07, 6.45) is 2.75. The Hall–Kier alpha value is -1.69. The fourth-order valence-electron chi connectivity index (χ4n) is 1.20. The molecule has 0 aromatic carbocycles. The maximum Gasteiger partial charge on any atom is 0.387 e. The summed E-state index contributed by atoms with van der Waals surface area (Å²) in [5, 5.41) is -0.0359. The number of nitrogens with zero attached hydrogens (tertiary/aromatic N) is 2. The van der Waals surface area contributed by atoms with Crippen LogP contribution in [-0.4, -0.2) is 21.6 Å². The zero-order chi connectivity index (χ0) is 11.5. The maximum absolute atomic E-state index is 12.1. The van der Waals surface area contributed by atoms with Gasteiger partial charge < -0.3 is 9.72 Å². The van der Waals surface area contributed by atoms with Gasteiger partial charge in [-0.15, -0.1) is 0 Å². The average molecular weight is 246 g/mol. The molecule has 0 bridgehead atoms. The standard InChI is InChI=1S/C9H6ClF2N3O/c10-8-14-4-6(16-9(11)12)7(15-8)5-2-1-3-13-5/h1-4,9,13H. The van der Waals surface area contributed by atoms with Gasteiger partial charge in [0, 0.05) is 6.20 Å². The normalized spacial score (nSPS) is 10.8. The Bertz CT molecular complexity index is 476. The van der Waals surface area contributed by atoms with Gasteiger partial charge in [-0.05, 0) is 23.7 Å². The smallest absolute Gasteiger partial charge is 0.387 e. The molecule has 1 N–H and O–H groups in total. The van der Waals surface area contributed by atoms with Crippen molar-refractivity contribution in [3.05, 3.63) is 29.8 Å². The SMILES string of the molecule is FC(F)Oc1cnc(Cl)nc1-c1ccc[nH]1. The highest BCUT2D eigenvalue weighted by Crippen LogP contribution is 2.28. The first-order chi connectivity index (χ1) is 7.66. The predicted molar refractivity (Wildman–Crippen MR) is 53.5 cm³/mol. The van der Waals surface area contributed by atoms with Gasteiger partial charge in [0.05, 0.1) is 11.9 Å². The molecule has 16 heavy (non-hydrogen) atoms.